The molecule has 1 unspecified atom stereocenters. The van der Waals surface area contributed by atoms with E-state index in [1.807, 2.05) is 0 Å². The van der Waals surface area contributed by atoms with Gasteiger partial charge in [0.25, 0.3) is 0 Å². The molecule has 2 rings (SSSR count). The number of nitrogens with zero attached hydrogens (tertiary/aromatic N) is 2. The summed E-state index contributed by atoms with van der Waals surface area (Å²) in [7, 11) is 1.41. The molecule has 2 amide bonds. The van der Waals surface area contributed by atoms with Gasteiger partial charge in [0.2, 0.25) is 11.8 Å². The van der Waals surface area contributed by atoms with Crippen LogP contribution in [0.3, 0.4) is 0 Å². The minimum absolute atomic E-state index is 0.0248. The molecule has 1 aromatic rings. The van der Waals surface area contributed by atoms with E-state index in [9.17, 15) is 27.6 Å². The average molecular weight is 362 g/mol. The molecule has 0 saturated carbocycles. The molecule has 1 atom stereocenters. The van der Waals surface area contributed by atoms with Gasteiger partial charge >= 0.3 is 12.1 Å². The molecule has 0 aliphatic carbocycles. The Morgan fingerprint density at radius 3 is 2.60 bits per heavy atom. The second-order valence-electron chi connectivity index (χ2n) is 5.97. The lowest BCUT2D eigenvalue weighted by atomic mass is 10.1. The standard InChI is InChI=1S/C15H17F3N2O5/c1-8-11(14(23)24)4-10(25-8)6-19(2)13(22)9-3-12(21)20(5-9)7-15(16,17)18/h4,9H,3,5-7H2,1-2H3,(H,23,24). The molecule has 0 aromatic carbocycles. The molecule has 25 heavy (non-hydrogen) atoms. The largest absolute Gasteiger partial charge is 0.478 e. The van der Waals surface area contributed by atoms with Crippen LogP contribution in [0.2, 0.25) is 0 Å². The molecule has 10 heteroatoms. The summed E-state index contributed by atoms with van der Waals surface area (Å²) in [4.78, 5) is 36.8. The minimum Gasteiger partial charge on any atom is -0.478 e. The van der Waals surface area contributed by atoms with Gasteiger partial charge in [0, 0.05) is 20.0 Å². The van der Waals surface area contributed by atoms with Crippen LogP contribution in [0.4, 0.5) is 13.2 Å². The second-order valence-corrected chi connectivity index (χ2v) is 5.97. The zero-order chi connectivity index (χ0) is 18.9. The zero-order valence-corrected chi connectivity index (χ0v) is 13.6. The number of alkyl halides is 3. The monoisotopic (exact) mass is 362 g/mol. The van der Waals surface area contributed by atoms with Crippen LogP contribution in [-0.2, 0) is 16.1 Å². The van der Waals surface area contributed by atoms with Crippen molar-refractivity contribution in [1.29, 1.82) is 0 Å². The Bertz CT molecular complexity index is 698. The van der Waals surface area contributed by atoms with Crippen LogP contribution in [0.15, 0.2) is 10.5 Å². The van der Waals surface area contributed by atoms with Crippen molar-refractivity contribution >= 4 is 17.8 Å². The summed E-state index contributed by atoms with van der Waals surface area (Å²) >= 11 is 0. The van der Waals surface area contributed by atoms with Crippen molar-refractivity contribution < 1.29 is 37.1 Å². The fourth-order valence-electron chi connectivity index (χ4n) is 2.76. The van der Waals surface area contributed by atoms with Gasteiger partial charge in [-0.15, -0.1) is 0 Å². The Kier molecular flexibility index (Phi) is 5.09. The number of likely N-dealkylation sites (tertiary alicyclic amines) is 1. The lowest BCUT2D eigenvalue weighted by molar-refractivity contribution is -0.157. The number of rotatable bonds is 5. The molecule has 0 radical (unpaired) electrons. The molecule has 2 heterocycles. The van der Waals surface area contributed by atoms with E-state index in [2.05, 4.69) is 0 Å². The molecule has 1 aromatic heterocycles. The molecule has 138 valence electrons. The first-order valence-electron chi connectivity index (χ1n) is 7.40. The van der Waals surface area contributed by atoms with Crippen LogP contribution >= 0.6 is 0 Å². The van der Waals surface area contributed by atoms with E-state index in [0.717, 1.165) is 0 Å². The number of carbonyl (C=O) groups excluding carboxylic acids is 2. The van der Waals surface area contributed by atoms with E-state index in [1.165, 1.54) is 24.9 Å². The number of hydrogen-bond donors (Lipinski definition) is 1. The molecule has 1 aliphatic heterocycles. The summed E-state index contributed by atoms with van der Waals surface area (Å²) in [6.07, 6.45) is -4.80. The first-order valence-corrected chi connectivity index (χ1v) is 7.40. The number of aromatic carboxylic acids is 1. The predicted octanol–water partition coefficient (Wildman–Crippen LogP) is 1.66. The molecular formula is C15H17F3N2O5. The number of hydrogen-bond acceptors (Lipinski definition) is 4. The molecule has 1 N–H and O–H groups in total. The maximum Gasteiger partial charge on any atom is 0.406 e. The first-order chi connectivity index (χ1) is 11.5. The second kappa shape index (κ2) is 6.77. The molecule has 1 saturated heterocycles. The highest BCUT2D eigenvalue weighted by atomic mass is 19.4. The minimum atomic E-state index is -4.52. The zero-order valence-electron chi connectivity index (χ0n) is 13.6. The van der Waals surface area contributed by atoms with Crippen molar-refractivity contribution in [2.75, 3.05) is 20.1 Å². The molecule has 1 aliphatic rings. The lowest BCUT2D eigenvalue weighted by Crippen LogP contribution is -2.37. The summed E-state index contributed by atoms with van der Waals surface area (Å²) in [5.74, 6) is -2.81. The third-order valence-electron chi connectivity index (χ3n) is 3.90. The summed E-state index contributed by atoms with van der Waals surface area (Å²) in [5.41, 5.74) is -0.0248. The number of carbonyl (C=O) groups is 3. The molecule has 1 fully saturated rings. The Labute approximate surface area is 141 Å². The van der Waals surface area contributed by atoms with Gasteiger partial charge in [-0.2, -0.15) is 13.2 Å². The van der Waals surface area contributed by atoms with Crippen molar-refractivity contribution in [1.82, 2.24) is 9.80 Å². The average Bonchev–Trinajstić information content (AvgIpc) is 3.00. The van der Waals surface area contributed by atoms with Gasteiger partial charge in [0.05, 0.1) is 12.5 Å². The normalized spacial score (nSPS) is 17.9. The number of carboxylic acid groups (broad SMARTS) is 1. The maximum atomic E-state index is 12.4. The number of halogens is 3. The summed E-state index contributed by atoms with van der Waals surface area (Å²) in [5, 5.41) is 8.97. The first kappa shape index (κ1) is 18.8. The van der Waals surface area contributed by atoms with Crippen molar-refractivity contribution in [3.63, 3.8) is 0 Å². The Morgan fingerprint density at radius 1 is 1.44 bits per heavy atom. The maximum absolute atomic E-state index is 12.4. The summed E-state index contributed by atoms with van der Waals surface area (Å²) in [6, 6.07) is 1.29. The highest BCUT2D eigenvalue weighted by Gasteiger charge is 2.41. The summed E-state index contributed by atoms with van der Waals surface area (Å²) < 4.78 is 42.5. The van der Waals surface area contributed by atoms with E-state index in [1.54, 1.807) is 0 Å². The van der Waals surface area contributed by atoms with Crippen molar-refractivity contribution in [2.45, 2.75) is 26.1 Å². The van der Waals surface area contributed by atoms with Crippen molar-refractivity contribution in [3.8, 4) is 0 Å². The van der Waals surface area contributed by atoms with E-state index >= 15 is 0 Å². The highest BCUT2D eigenvalue weighted by molar-refractivity contribution is 5.90. The van der Waals surface area contributed by atoms with Crippen LogP contribution in [0, 0.1) is 12.8 Å². The van der Waals surface area contributed by atoms with Crippen LogP contribution in [-0.4, -0.2) is 59.0 Å². The van der Waals surface area contributed by atoms with Crippen LogP contribution in [0.1, 0.15) is 28.3 Å². The molecule has 7 nitrogen and oxygen atoms in total. The Morgan fingerprint density at radius 2 is 2.08 bits per heavy atom. The van der Waals surface area contributed by atoms with Crippen molar-refractivity contribution in [2.24, 2.45) is 5.92 Å². The van der Waals surface area contributed by atoms with Gasteiger partial charge in [-0.25, -0.2) is 4.79 Å². The topological polar surface area (TPSA) is 91.1 Å². The molecule has 0 spiro atoms. The van der Waals surface area contributed by atoms with Gasteiger partial charge in [-0.3, -0.25) is 9.59 Å². The highest BCUT2D eigenvalue weighted by Crippen LogP contribution is 2.25. The summed E-state index contributed by atoms with van der Waals surface area (Å²) in [6.45, 7) is -0.242. The van der Waals surface area contributed by atoms with Crippen LogP contribution < -0.4 is 0 Å². The van der Waals surface area contributed by atoms with Gasteiger partial charge < -0.3 is 19.3 Å². The van der Waals surface area contributed by atoms with E-state index < -0.39 is 36.4 Å². The Balaban J connectivity index is 2.00. The fraction of sp³-hybridized carbons (Fsp3) is 0.533. The van der Waals surface area contributed by atoms with Crippen molar-refractivity contribution in [3.05, 3.63) is 23.2 Å². The Hall–Kier alpha value is -2.52. The number of carboxylic acids is 1. The number of amides is 2. The third-order valence-corrected chi connectivity index (χ3v) is 3.90. The SMILES string of the molecule is Cc1oc(CN(C)C(=O)C2CC(=O)N(CC(F)(F)F)C2)cc1C(=O)O. The predicted molar refractivity (Wildman–Crippen MR) is 77.6 cm³/mol. The van der Waals surface area contributed by atoms with Gasteiger partial charge in [0.1, 0.15) is 23.6 Å². The van der Waals surface area contributed by atoms with Gasteiger partial charge in [-0.05, 0) is 13.0 Å². The fourth-order valence-corrected chi connectivity index (χ4v) is 2.76. The van der Waals surface area contributed by atoms with Gasteiger partial charge in [-0.1, -0.05) is 0 Å². The van der Waals surface area contributed by atoms with E-state index in [4.69, 9.17) is 9.52 Å². The molecular weight excluding hydrogens is 345 g/mol. The van der Waals surface area contributed by atoms with E-state index in [0.29, 0.717) is 4.90 Å². The quantitative estimate of drug-likeness (QED) is 0.860. The van der Waals surface area contributed by atoms with Crippen LogP contribution in [0.25, 0.3) is 0 Å². The lowest BCUT2D eigenvalue weighted by Gasteiger charge is -2.21. The third kappa shape index (κ3) is 4.52. The number of aryl methyl sites for hydroxylation is 1. The smallest absolute Gasteiger partial charge is 0.406 e. The van der Waals surface area contributed by atoms with E-state index in [-0.39, 0.29) is 36.6 Å². The molecule has 0 bridgehead atoms. The van der Waals surface area contributed by atoms with Crippen LogP contribution in [0.5, 0.6) is 0 Å². The van der Waals surface area contributed by atoms with Gasteiger partial charge in [0.15, 0.2) is 0 Å². The number of furan rings is 1.